The number of nitrogens with one attached hydrogen (secondary N) is 1. The van der Waals surface area contributed by atoms with Gasteiger partial charge in [0.25, 0.3) is 0 Å². The molecule has 6 atom stereocenters. The largest absolute Gasteiger partial charge is 0.416 e. The van der Waals surface area contributed by atoms with Crippen LogP contribution in [-0.2, 0) is 20.6 Å². The molecule has 2 bridgehead atoms. The van der Waals surface area contributed by atoms with Crippen LogP contribution in [0.3, 0.4) is 0 Å². The molecule has 0 unspecified atom stereocenters. The van der Waals surface area contributed by atoms with Gasteiger partial charge in [0.2, 0.25) is 17.7 Å². The van der Waals surface area contributed by atoms with Crippen LogP contribution >= 0.6 is 11.6 Å². The van der Waals surface area contributed by atoms with Gasteiger partial charge in [0.1, 0.15) is 0 Å². The van der Waals surface area contributed by atoms with E-state index in [0.29, 0.717) is 37.5 Å². The van der Waals surface area contributed by atoms with Gasteiger partial charge >= 0.3 is 6.18 Å². The summed E-state index contributed by atoms with van der Waals surface area (Å²) in [6, 6.07) is 2.60. The van der Waals surface area contributed by atoms with Gasteiger partial charge in [-0.25, -0.2) is 0 Å². The molecule has 5 nitrogen and oxygen atoms in total. The first-order chi connectivity index (χ1) is 16.1. The van der Waals surface area contributed by atoms with Crippen LogP contribution < -0.4 is 5.32 Å². The molecule has 9 heteroatoms. The average molecular weight is 493 g/mol. The van der Waals surface area contributed by atoms with E-state index in [9.17, 15) is 27.6 Å². The van der Waals surface area contributed by atoms with Gasteiger partial charge in [-0.1, -0.05) is 23.8 Å². The van der Waals surface area contributed by atoms with Crippen LogP contribution in [0.5, 0.6) is 0 Å². The molecule has 1 aliphatic heterocycles. The maximum absolute atomic E-state index is 13.3. The number of carbonyl (C=O) groups is 3. The van der Waals surface area contributed by atoms with Crippen molar-refractivity contribution in [1.82, 2.24) is 4.90 Å². The smallest absolute Gasteiger partial charge is 0.325 e. The number of anilines is 1. The lowest BCUT2D eigenvalue weighted by Crippen LogP contribution is -2.44. The molecule has 180 valence electrons. The third-order valence-corrected chi connectivity index (χ3v) is 9.01. The lowest BCUT2D eigenvalue weighted by atomic mass is 9.63. The minimum atomic E-state index is -4.54. The van der Waals surface area contributed by atoms with Gasteiger partial charge in [0, 0.05) is 12.0 Å². The number of amides is 3. The molecular formula is C25H24ClF3N2O3. The quantitative estimate of drug-likeness (QED) is 0.481. The number of likely N-dealkylation sites (tertiary alicyclic amines) is 1. The number of carbonyl (C=O) groups excluding carboxylic acids is 3. The number of imide groups is 1. The van der Waals surface area contributed by atoms with Crippen LogP contribution in [0.2, 0.25) is 5.02 Å². The highest BCUT2D eigenvalue weighted by Crippen LogP contribution is 2.65. The van der Waals surface area contributed by atoms with Gasteiger partial charge in [0.15, 0.2) is 0 Å². The SMILES string of the molecule is O=C(Nc1cc(C(F)(F)F)ccc1Cl)C1CCC(N2C(=O)[C@@H]3[C@@H]4C=C[C@H]([C@@H]5C[C@H]45)[C@H]3C2=O)CC1. The third-order valence-electron chi connectivity index (χ3n) is 8.68. The summed E-state index contributed by atoms with van der Waals surface area (Å²) in [6.45, 7) is 0. The second-order valence-electron chi connectivity index (χ2n) is 10.4. The fraction of sp³-hybridized carbons (Fsp3) is 0.560. The Morgan fingerprint density at radius 3 is 2.12 bits per heavy atom. The molecular weight excluding hydrogens is 469 g/mol. The van der Waals surface area contributed by atoms with Crippen molar-refractivity contribution in [3.05, 3.63) is 40.9 Å². The fourth-order valence-corrected chi connectivity index (χ4v) is 7.13. The van der Waals surface area contributed by atoms with Crippen molar-refractivity contribution in [3.8, 4) is 0 Å². The number of rotatable bonds is 3. The zero-order valence-corrected chi connectivity index (χ0v) is 19.0. The van der Waals surface area contributed by atoms with Gasteiger partial charge in [-0.15, -0.1) is 0 Å². The first kappa shape index (κ1) is 22.1. The predicted molar refractivity (Wildman–Crippen MR) is 117 cm³/mol. The van der Waals surface area contributed by atoms with E-state index < -0.39 is 23.6 Å². The summed E-state index contributed by atoms with van der Waals surface area (Å²) >= 11 is 6.00. The van der Waals surface area contributed by atoms with E-state index in [1.807, 2.05) is 0 Å². The van der Waals surface area contributed by atoms with Crippen LogP contribution in [0.1, 0.15) is 37.7 Å². The Morgan fingerprint density at radius 1 is 0.971 bits per heavy atom. The molecule has 1 N–H and O–H groups in total. The predicted octanol–water partition coefficient (Wildman–Crippen LogP) is 4.91. The molecule has 34 heavy (non-hydrogen) atoms. The zero-order valence-electron chi connectivity index (χ0n) is 18.2. The summed E-state index contributed by atoms with van der Waals surface area (Å²) in [5.74, 6) is 0.0983. The highest BCUT2D eigenvalue weighted by Gasteiger charge is 2.67. The Kier molecular flexibility index (Phi) is 4.93. The first-order valence-electron chi connectivity index (χ1n) is 11.9. The van der Waals surface area contributed by atoms with Crippen molar-refractivity contribution in [2.45, 2.75) is 44.3 Å². The number of benzene rings is 1. The molecule has 6 aliphatic rings. The van der Waals surface area contributed by atoms with Crippen LogP contribution in [0.25, 0.3) is 0 Å². The summed E-state index contributed by atoms with van der Waals surface area (Å²) in [5.41, 5.74) is -0.955. The lowest BCUT2D eigenvalue weighted by Gasteiger charge is -2.37. The lowest BCUT2D eigenvalue weighted by molar-refractivity contribution is -0.144. The van der Waals surface area contributed by atoms with Crippen molar-refractivity contribution in [2.75, 3.05) is 5.32 Å². The molecule has 0 radical (unpaired) electrons. The molecule has 4 fully saturated rings. The van der Waals surface area contributed by atoms with Gasteiger partial charge in [-0.3, -0.25) is 19.3 Å². The van der Waals surface area contributed by atoms with E-state index in [2.05, 4.69) is 17.5 Å². The topological polar surface area (TPSA) is 66.5 Å². The highest BCUT2D eigenvalue weighted by molar-refractivity contribution is 6.33. The van der Waals surface area contributed by atoms with Crippen LogP contribution in [0.4, 0.5) is 18.9 Å². The van der Waals surface area contributed by atoms with E-state index in [1.54, 1.807) is 0 Å². The van der Waals surface area contributed by atoms with Crippen molar-refractivity contribution in [1.29, 1.82) is 0 Å². The molecule has 7 rings (SSSR count). The minimum absolute atomic E-state index is 0.0344. The standard InChI is InChI=1S/C25H24ClF3N2O3/c26-18-8-3-12(25(27,28)29)9-19(18)30-22(32)11-1-4-13(5-2-11)31-23(33)20-14-6-7-15(17-10-16(14)17)21(20)24(31)34/h3,6-9,11,13-17,20-21H,1-2,4-5,10H2,(H,30,32)/t11?,13?,14-,15-,16-,17+,20-,21-/m1/s1. The second kappa shape index (κ2) is 7.57. The number of hydrogen-bond acceptors (Lipinski definition) is 3. The van der Waals surface area contributed by atoms with E-state index in [0.717, 1.165) is 24.6 Å². The van der Waals surface area contributed by atoms with Crippen molar-refractivity contribution >= 4 is 35.0 Å². The fourth-order valence-electron chi connectivity index (χ4n) is 6.97. The Labute approximate surface area is 199 Å². The molecule has 3 saturated carbocycles. The summed E-state index contributed by atoms with van der Waals surface area (Å²) in [6.07, 6.45) is 2.81. The van der Waals surface area contributed by atoms with Crippen LogP contribution in [0, 0.1) is 41.4 Å². The molecule has 1 saturated heterocycles. The van der Waals surface area contributed by atoms with Crippen molar-refractivity contribution in [3.63, 3.8) is 0 Å². The van der Waals surface area contributed by atoms with E-state index in [1.165, 1.54) is 4.90 Å². The Bertz CT molecular complexity index is 1080. The average Bonchev–Trinajstić information content (AvgIpc) is 3.58. The van der Waals surface area contributed by atoms with E-state index >= 15 is 0 Å². The first-order valence-corrected chi connectivity index (χ1v) is 12.3. The number of allylic oxidation sites excluding steroid dienone is 2. The molecule has 1 aromatic rings. The zero-order chi connectivity index (χ0) is 23.9. The molecule has 0 spiro atoms. The van der Waals surface area contributed by atoms with Crippen molar-refractivity contribution < 1.29 is 27.6 Å². The number of alkyl halides is 3. The highest BCUT2D eigenvalue weighted by atomic mass is 35.5. The summed E-state index contributed by atoms with van der Waals surface area (Å²) in [5, 5.41) is 2.57. The van der Waals surface area contributed by atoms with E-state index in [4.69, 9.17) is 11.6 Å². The summed E-state index contributed by atoms with van der Waals surface area (Å²) in [4.78, 5) is 40.9. The Balaban J connectivity index is 1.11. The molecule has 1 aromatic carbocycles. The van der Waals surface area contributed by atoms with Crippen LogP contribution in [0.15, 0.2) is 30.4 Å². The molecule has 5 aliphatic carbocycles. The number of halogens is 4. The summed E-state index contributed by atoms with van der Waals surface area (Å²) in [7, 11) is 0. The molecule has 1 heterocycles. The second-order valence-corrected chi connectivity index (χ2v) is 10.8. The van der Waals surface area contributed by atoms with Gasteiger partial charge in [0.05, 0.1) is 28.1 Å². The molecule has 3 amide bonds. The maximum atomic E-state index is 13.3. The van der Waals surface area contributed by atoms with Crippen LogP contribution in [-0.4, -0.2) is 28.7 Å². The summed E-state index contributed by atoms with van der Waals surface area (Å²) < 4.78 is 39.0. The van der Waals surface area contributed by atoms with Gasteiger partial charge in [-0.2, -0.15) is 13.2 Å². The van der Waals surface area contributed by atoms with E-state index in [-0.39, 0.29) is 52.2 Å². The molecule has 0 aromatic heterocycles. The minimum Gasteiger partial charge on any atom is -0.325 e. The number of nitrogens with zero attached hydrogens (tertiary/aromatic N) is 1. The van der Waals surface area contributed by atoms with Gasteiger partial charge < -0.3 is 5.32 Å². The van der Waals surface area contributed by atoms with Gasteiger partial charge in [-0.05, 0) is 74.0 Å². The maximum Gasteiger partial charge on any atom is 0.416 e. The Hall–Kier alpha value is -2.35. The normalized spacial score (nSPS) is 38.1. The Morgan fingerprint density at radius 2 is 1.56 bits per heavy atom. The number of hydrogen-bond donors (Lipinski definition) is 1. The monoisotopic (exact) mass is 492 g/mol. The van der Waals surface area contributed by atoms with Crippen molar-refractivity contribution in [2.24, 2.45) is 41.4 Å². The third kappa shape index (κ3) is 3.32.